The predicted molar refractivity (Wildman–Crippen MR) is 100 cm³/mol. The van der Waals surface area contributed by atoms with Gasteiger partial charge in [-0.25, -0.2) is 0 Å². The molecule has 140 valence electrons. The van der Waals surface area contributed by atoms with E-state index in [1.54, 1.807) is 31.5 Å². The van der Waals surface area contributed by atoms with Crippen molar-refractivity contribution in [3.63, 3.8) is 0 Å². The maximum absolute atomic E-state index is 12.5. The minimum Gasteiger partial charge on any atom is -0.493 e. The second kappa shape index (κ2) is 10.3. The van der Waals surface area contributed by atoms with Gasteiger partial charge in [0.15, 0.2) is 11.5 Å². The highest BCUT2D eigenvalue weighted by Gasteiger charge is 2.15. The third-order valence-corrected chi connectivity index (χ3v) is 3.96. The van der Waals surface area contributed by atoms with Crippen LogP contribution in [0, 0.1) is 0 Å². The Morgan fingerprint density at radius 3 is 2.73 bits per heavy atom. The minimum atomic E-state index is 0.0173. The zero-order valence-corrected chi connectivity index (χ0v) is 15.4. The zero-order chi connectivity index (χ0) is 18.8. The van der Waals surface area contributed by atoms with Gasteiger partial charge in [-0.3, -0.25) is 4.79 Å². The molecule has 1 N–H and O–H groups in total. The van der Waals surface area contributed by atoms with Crippen LogP contribution in [-0.2, 0) is 17.8 Å². The first kappa shape index (κ1) is 19.6. The van der Waals surface area contributed by atoms with Crippen LogP contribution < -0.4 is 14.8 Å². The van der Waals surface area contributed by atoms with Gasteiger partial charge in [0.25, 0.3) is 0 Å². The lowest BCUT2D eigenvalue weighted by molar-refractivity contribution is -0.131. The van der Waals surface area contributed by atoms with E-state index in [4.69, 9.17) is 13.9 Å². The summed E-state index contributed by atoms with van der Waals surface area (Å²) in [5.41, 5.74) is 1.07. The van der Waals surface area contributed by atoms with Crippen molar-refractivity contribution in [2.24, 2.45) is 0 Å². The third-order valence-electron chi connectivity index (χ3n) is 3.96. The summed E-state index contributed by atoms with van der Waals surface area (Å²) in [5, 5.41) is 3.05. The quantitative estimate of drug-likeness (QED) is 0.494. The van der Waals surface area contributed by atoms with E-state index in [0.29, 0.717) is 37.6 Å². The molecule has 26 heavy (non-hydrogen) atoms. The fourth-order valence-electron chi connectivity index (χ4n) is 2.58. The van der Waals surface area contributed by atoms with Crippen LogP contribution >= 0.6 is 0 Å². The summed E-state index contributed by atoms with van der Waals surface area (Å²) in [7, 11) is 3.22. The van der Waals surface area contributed by atoms with Gasteiger partial charge in [0.1, 0.15) is 5.76 Å². The van der Waals surface area contributed by atoms with Crippen molar-refractivity contribution in [1.82, 2.24) is 10.2 Å². The number of furan rings is 1. The van der Waals surface area contributed by atoms with E-state index in [0.717, 1.165) is 11.3 Å². The van der Waals surface area contributed by atoms with Gasteiger partial charge >= 0.3 is 0 Å². The maximum Gasteiger partial charge on any atom is 0.236 e. The highest BCUT2D eigenvalue weighted by Crippen LogP contribution is 2.27. The Balaban J connectivity index is 2.03. The van der Waals surface area contributed by atoms with Crippen LogP contribution in [0.3, 0.4) is 0 Å². The molecule has 1 heterocycles. The summed E-state index contributed by atoms with van der Waals surface area (Å²) in [6, 6.07) is 9.48. The first-order valence-corrected chi connectivity index (χ1v) is 8.50. The van der Waals surface area contributed by atoms with Crippen LogP contribution in [0.5, 0.6) is 11.5 Å². The summed E-state index contributed by atoms with van der Waals surface area (Å²) in [5.74, 6) is 2.15. The molecule has 0 spiro atoms. The lowest BCUT2D eigenvalue weighted by atomic mass is 10.1. The number of hydrogen-bond donors (Lipinski definition) is 1. The molecule has 2 rings (SSSR count). The first-order valence-electron chi connectivity index (χ1n) is 8.50. The van der Waals surface area contributed by atoms with Crippen molar-refractivity contribution in [2.45, 2.75) is 13.0 Å². The number of benzene rings is 1. The summed E-state index contributed by atoms with van der Waals surface area (Å²) in [4.78, 5) is 14.3. The molecule has 0 aliphatic heterocycles. The van der Waals surface area contributed by atoms with Gasteiger partial charge in [0.2, 0.25) is 5.91 Å². The molecule has 0 radical (unpaired) electrons. The lowest BCUT2D eigenvalue weighted by Gasteiger charge is -2.22. The van der Waals surface area contributed by atoms with Crippen LogP contribution in [-0.4, -0.2) is 44.7 Å². The smallest absolute Gasteiger partial charge is 0.236 e. The second-order valence-corrected chi connectivity index (χ2v) is 5.75. The van der Waals surface area contributed by atoms with Gasteiger partial charge in [-0.05, 0) is 36.2 Å². The van der Waals surface area contributed by atoms with Crippen molar-refractivity contribution >= 4 is 5.91 Å². The summed E-state index contributed by atoms with van der Waals surface area (Å²) < 4.78 is 16.0. The van der Waals surface area contributed by atoms with Gasteiger partial charge in [-0.1, -0.05) is 12.1 Å². The normalized spacial score (nSPS) is 10.4. The molecule has 1 aromatic heterocycles. The van der Waals surface area contributed by atoms with Crippen LogP contribution in [0.2, 0.25) is 0 Å². The Bertz CT molecular complexity index is 698. The van der Waals surface area contributed by atoms with E-state index in [-0.39, 0.29) is 12.5 Å². The van der Waals surface area contributed by atoms with E-state index in [2.05, 4.69) is 11.9 Å². The number of carbonyl (C=O) groups is 1. The summed E-state index contributed by atoms with van der Waals surface area (Å²) in [6.45, 7) is 5.51. The first-order chi connectivity index (χ1) is 12.7. The van der Waals surface area contributed by atoms with E-state index >= 15 is 0 Å². The predicted octanol–water partition coefficient (Wildman–Crippen LogP) is 2.64. The molecule has 0 saturated carbocycles. The van der Waals surface area contributed by atoms with Gasteiger partial charge in [0.05, 0.1) is 33.6 Å². The van der Waals surface area contributed by atoms with Crippen molar-refractivity contribution in [3.05, 3.63) is 60.6 Å². The molecule has 0 bridgehead atoms. The van der Waals surface area contributed by atoms with Gasteiger partial charge in [0, 0.05) is 13.1 Å². The zero-order valence-electron chi connectivity index (χ0n) is 15.4. The van der Waals surface area contributed by atoms with E-state index in [9.17, 15) is 4.79 Å². The molecule has 0 aliphatic carbocycles. The molecule has 0 aliphatic rings. The highest BCUT2D eigenvalue weighted by atomic mass is 16.5. The molecular formula is C20H26N2O4. The molecular weight excluding hydrogens is 332 g/mol. The fraction of sp³-hybridized carbons (Fsp3) is 0.350. The van der Waals surface area contributed by atoms with Crippen molar-refractivity contribution in [3.8, 4) is 11.5 Å². The van der Waals surface area contributed by atoms with Gasteiger partial charge in [-0.15, -0.1) is 6.58 Å². The molecule has 1 amide bonds. The maximum atomic E-state index is 12.5. The summed E-state index contributed by atoms with van der Waals surface area (Å²) in [6.07, 6.45) is 4.05. The van der Waals surface area contributed by atoms with Crippen LogP contribution in [0.25, 0.3) is 0 Å². The van der Waals surface area contributed by atoms with E-state index in [1.807, 2.05) is 30.3 Å². The number of amides is 1. The van der Waals surface area contributed by atoms with Gasteiger partial charge < -0.3 is 24.1 Å². The molecule has 0 atom stereocenters. The molecule has 0 unspecified atom stereocenters. The van der Waals surface area contributed by atoms with Gasteiger partial charge in [-0.2, -0.15) is 0 Å². The number of rotatable bonds is 11. The van der Waals surface area contributed by atoms with Crippen molar-refractivity contribution < 1.29 is 18.7 Å². The molecule has 0 saturated heterocycles. The number of hydrogen-bond acceptors (Lipinski definition) is 5. The largest absolute Gasteiger partial charge is 0.493 e. The Labute approximate surface area is 154 Å². The Morgan fingerprint density at radius 1 is 1.27 bits per heavy atom. The monoisotopic (exact) mass is 358 g/mol. The molecule has 6 heteroatoms. The van der Waals surface area contributed by atoms with E-state index < -0.39 is 0 Å². The Morgan fingerprint density at radius 2 is 2.08 bits per heavy atom. The standard InChI is InChI=1S/C20H26N2O4/c1-4-10-21-14-20(23)22(15-17-6-5-12-26-17)11-9-16-7-8-18(24-2)19(13-16)25-3/h4-8,12-13,21H,1,9-11,14-15H2,2-3H3. The third kappa shape index (κ3) is 5.67. The number of nitrogens with one attached hydrogen (secondary N) is 1. The molecule has 6 nitrogen and oxygen atoms in total. The van der Waals surface area contributed by atoms with Crippen molar-refractivity contribution in [2.75, 3.05) is 33.9 Å². The number of methoxy groups -OCH3 is 2. The summed E-state index contributed by atoms with van der Waals surface area (Å²) >= 11 is 0. The molecule has 0 fully saturated rings. The number of nitrogens with zero attached hydrogens (tertiary/aromatic N) is 1. The van der Waals surface area contributed by atoms with Crippen molar-refractivity contribution in [1.29, 1.82) is 0 Å². The average molecular weight is 358 g/mol. The number of ether oxygens (including phenoxy) is 2. The SMILES string of the molecule is C=CCNCC(=O)N(CCc1ccc(OC)c(OC)c1)Cc1ccco1. The van der Waals surface area contributed by atoms with Crippen LogP contribution in [0.4, 0.5) is 0 Å². The minimum absolute atomic E-state index is 0.0173. The molecule has 2 aromatic rings. The second-order valence-electron chi connectivity index (χ2n) is 5.75. The Kier molecular flexibility index (Phi) is 7.76. The van der Waals surface area contributed by atoms with E-state index in [1.165, 1.54) is 0 Å². The average Bonchev–Trinajstić information content (AvgIpc) is 3.18. The topological polar surface area (TPSA) is 63.9 Å². The van der Waals surface area contributed by atoms with Crippen LogP contribution in [0.15, 0.2) is 53.7 Å². The fourth-order valence-corrected chi connectivity index (χ4v) is 2.58. The van der Waals surface area contributed by atoms with Crippen LogP contribution in [0.1, 0.15) is 11.3 Å². The Hall–Kier alpha value is -2.73. The molecule has 1 aromatic carbocycles. The number of carbonyl (C=O) groups excluding carboxylic acids is 1. The highest BCUT2D eigenvalue weighted by molar-refractivity contribution is 5.78. The lowest BCUT2D eigenvalue weighted by Crippen LogP contribution is -2.39.